The molecule has 2 aromatic rings. The minimum atomic E-state index is -3.15. The number of rotatable bonds is 2. The van der Waals surface area contributed by atoms with Crippen molar-refractivity contribution in [2.75, 3.05) is 32.7 Å². The number of sulfonamides is 1. The summed E-state index contributed by atoms with van der Waals surface area (Å²) >= 11 is 0. The van der Waals surface area contributed by atoms with Crippen LogP contribution in [0.3, 0.4) is 0 Å². The molecule has 2 saturated heterocycles. The van der Waals surface area contributed by atoms with E-state index in [0.717, 1.165) is 50.3 Å². The van der Waals surface area contributed by atoms with Crippen LogP contribution < -0.4 is 9.47 Å². The smallest absolute Gasteiger partial charge is 0.335 e. The highest BCUT2D eigenvalue weighted by atomic mass is 32.2. The standard InChI is InChI=1S/C18H24N2O4S.C7H6O2/c1-25(21,22)20-5-2-3-13-10-19-6-4-12-7-17-18(24-11-23-17)8-14(12)16(19)9-15(13)20;8-7(9)6-4-2-1-3-5-6/h7-8,13,15-16H,2-6,9-11H2,1H3;1-5H,(H,8,9)/t13-,15+,16+;/m1./s1. The fourth-order valence-electron chi connectivity index (χ4n) is 5.79. The van der Waals surface area contributed by atoms with Gasteiger partial charge in [0, 0.05) is 31.7 Å². The molecule has 0 unspecified atom stereocenters. The Balaban J connectivity index is 0.000000227. The molecule has 0 spiro atoms. The van der Waals surface area contributed by atoms with Gasteiger partial charge in [-0.05, 0) is 67.0 Å². The van der Waals surface area contributed by atoms with E-state index in [9.17, 15) is 13.2 Å². The molecule has 4 aliphatic rings. The van der Waals surface area contributed by atoms with Gasteiger partial charge in [0.2, 0.25) is 16.8 Å². The molecular weight excluding hydrogens is 456 g/mol. The molecule has 0 aliphatic carbocycles. The van der Waals surface area contributed by atoms with Crippen molar-refractivity contribution in [2.45, 2.75) is 37.8 Å². The Hall–Kier alpha value is -2.62. The van der Waals surface area contributed by atoms with Crippen molar-refractivity contribution in [3.63, 3.8) is 0 Å². The first-order chi connectivity index (χ1) is 16.3. The third kappa shape index (κ3) is 4.52. The average molecular weight is 487 g/mol. The summed E-state index contributed by atoms with van der Waals surface area (Å²) in [6, 6.07) is 13.0. The van der Waals surface area contributed by atoms with E-state index in [0.29, 0.717) is 24.8 Å². The van der Waals surface area contributed by atoms with Crippen molar-refractivity contribution in [1.29, 1.82) is 0 Å². The number of nitrogens with zero attached hydrogens (tertiary/aromatic N) is 2. The van der Waals surface area contributed by atoms with Gasteiger partial charge in [0.05, 0.1) is 11.8 Å². The molecule has 2 aromatic carbocycles. The Bertz CT molecular complexity index is 1170. The van der Waals surface area contributed by atoms with Crippen molar-refractivity contribution in [3.8, 4) is 11.5 Å². The van der Waals surface area contributed by atoms with E-state index in [1.807, 2.05) is 0 Å². The first-order valence-corrected chi connectivity index (χ1v) is 13.6. The molecule has 4 aliphatic heterocycles. The summed E-state index contributed by atoms with van der Waals surface area (Å²) in [6.45, 7) is 2.99. The Morgan fingerprint density at radius 1 is 1.09 bits per heavy atom. The minimum absolute atomic E-state index is 0.126. The van der Waals surface area contributed by atoms with Crippen LogP contribution in [0.1, 0.15) is 46.8 Å². The first kappa shape index (κ1) is 23.1. The lowest BCUT2D eigenvalue weighted by Crippen LogP contribution is -2.57. The fourth-order valence-corrected chi connectivity index (χ4v) is 7.00. The highest BCUT2D eigenvalue weighted by molar-refractivity contribution is 7.88. The zero-order valence-electron chi connectivity index (χ0n) is 19.2. The second-order valence-corrected chi connectivity index (χ2v) is 11.4. The zero-order valence-corrected chi connectivity index (χ0v) is 20.0. The van der Waals surface area contributed by atoms with E-state index in [1.54, 1.807) is 34.6 Å². The molecule has 0 aromatic heterocycles. The normalized spacial score (nSPS) is 25.9. The Labute approximate surface area is 200 Å². The number of fused-ring (bicyclic) bond motifs is 5. The van der Waals surface area contributed by atoms with Crippen LogP contribution in [0.2, 0.25) is 0 Å². The number of carboxylic acid groups (broad SMARTS) is 1. The number of aromatic carboxylic acids is 1. The van der Waals surface area contributed by atoms with E-state index >= 15 is 0 Å². The van der Waals surface area contributed by atoms with Gasteiger partial charge in [-0.3, -0.25) is 4.90 Å². The van der Waals surface area contributed by atoms with Gasteiger partial charge in [0.1, 0.15) is 0 Å². The molecule has 2 fully saturated rings. The summed E-state index contributed by atoms with van der Waals surface area (Å²) in [6.07, 6.45) is 5.37. The number of hydrogen-bond donors (Lipinski definition) is 1. The van der Waals surface area contributed by atoms with E-state index in [1.165, 1.54) is 17.4 Å². The van der Waals surface area contributed by atoms with Crippen LogP contribution in [-0.2, 0) is 16.4 Å². The predicted molar refractivity (Wildman–Crippen MR) is 127 cm³/mol. The first-order valence-electron chi connectivity index (χ1n) is 11.7. The number of hydrogen-bond acceptors (Lipinski definition) is 6. The van der Waals surface area contributed by atoms with E-state index < -0.39 is 16.0 Å². The lowest BCUT2D eigenvalue weighted by Gasteiger charge is -2.51. The fraction of sp³-hybridized carbons (Fsp3) is 0.480. The summed E-state index contributed by atoms with van der Waals surface area (Å²) in [4.78, 5) is 12.8. The van der Waals surface area contributed by atoms with Crippen LogP contribution in [0.4, 0.5) is 0 Å². The van der Waals surface area contributed by atoms with Gasteiger partial charge in [0.25, 0.3) is 0 Å². The average Bonchev–Trinajstić information content (AvgIpc) is 3.29. The molecule has 3 atom stereocenters. The number of carbonyl (C=O) groups is 1. The number of benzene rings is 2. The second-order valence-electron chi connectivity index (χ2n) is 9.42. The van der Waals surface area contributed by atoms with Gasteiger partial charge in [-0.2, -0.15) is 4.31 Å². The van der Waals surface area contributed by atoms with E-state index in [4.69, 9.17) is 14.6 Å². The van der Waals surface area contributed by atoms with Crippen LogP contribution in [0.15, 0.2) is 42.5 Å². The SMILES string of the molecule is CS(=O)(=O)N1CCC[C@@H]2CN3CCc4cc5c(cc4[C@@H]3C[C@@H]21)OCO5.O=C(O)c1ccccc1. The monoisotopic (exact) mass is 486 g/mol. The second kappa shape index (κ2) is 9.20. The summed E-state index contributed by atoms with van der Waals surface area (Å²) in [5, 5.41) is 8.38. The topological polar surface area (TPSA) is 96.4 Å². The maximum Gasteiger partial charge on any atom is 0.335 e. The van der Waals surface area contributed by atoms with Crippen molar-refractivity contribution in [1.82, 2.24) is 9.21 Å². The molecule has 182 valence electrons. The minimum Gasteiger partial charge on any atom is -0.478 e. The van der Waals surface area contributed by atoms with Gasteiger partial charge < -0.3 is 14.6 Å². The van der Waals surface area contributed by atoms with Crippen molar-refractivity contribution in [3.05, 3.63) is 59.2 Å². The molecule has 4 heterocycles. The lowest BCUT2D eigenvalue weighted by molar-refractivity contribution is 0.0222. The van der Waals surface area contributed by atoms with Crippen molar-refractivity contribution in [2.24, 2.45) is 5.92 Å². The van der Waals surface area contributed by atoms with Crippen LogP contribution in [0.25, 0.3) is 0 Å². The Morgan fingerprint density at radius 3 is 2.50 bits per heavy atom. The number of carboxylic acids is 1. The van der Waals surface area contributed by atoms with Crippen LogP contribution in [-0.4, -0.2) is 67.4 Å². The van der Waals surface area contributed by atoms with Crippen LogP contribution in [0, 0.1) is 5.92 Å². The highest BCUT2D eigenvalue weighted by Gasteiger charge is 2.45. The molecule has 1 N–H and O–H groups in total. The van der Waals surface area contributed by atoms with E-state index in [2.05, 4.69) is 17.0 Å². The quantitative estimate of drug-likeness (QED) is 0.697. The van der Waals surface area contributed by atoms with Crippen molar-refractivity contribution >= 4 is 16.0 Å². The molecule has 6 rings (SSSR count). The molecule has 0 amide bonds. The third-order valence-corrected chi connectivity index (χ3v) is 8.66. The summed E-state index contributed by atoms with van der Waals surface area (Å²) in [7, 11) is -3.15. The molecule has 0 bridgehead atoms. The molecule has 0 saturated carbocycles. The maximum atomic E-state index is 12.3. The number of piperidine rings is 2. The molecule has 0 radical (unpaired) electrons. The third-order valence-electron chi connectivity index (χ3n) is 7.35. The highest BCUT2D eigenvalue weighted by Crippen LogP contribution is 2.46. The van der Waals surface area contributed by atoms with E-state index in [-0.39, 0.29) is 12.1 Å². The summed E-state index contributed by atoms with van der Waals surface area (Å²) in [5.74, 6) is 1.24. The van der Waals surface area contributed by atoms with Crippen molar-refractivity contribution < 1.29 is 27.8 Å². The van der Waals surface area contributed by atoms with Crippen LogP contribution >= 0.6 is 0 Å². The summed E-state index contributed by atoms with van der Waals surface area (Å²) < 4.78 is 37.4. The van der Waals surface area contributed by atoms with Gasteiger partial charge in [0.15, 0.2) is 11.5 Å². The number of ether oxygens (including phenoxy) is 2. The predicted octanol–water partition coefficient (Wildman–Crippen LogP) is 3.14. The van der Waals surface area contributed by atoms with Gasteiger partial charge in [-0.1, -0.05) is 18.2 Å². The van der Waals surface area contributed by atoms with Gasteiger partial charge >= 0.3 is 5.97 Å². The Morgan fingerprint density at radius 2 is 1.82 bits per heavy atom. The molecular formula is C25H30N2O6S. The van der Waals surface area contributed by atoms with Gasteiger partial charge in [-0.25, -0.2) is 13.2 Å². The maximum absolute atomic E-state index is 12.3. The lowest BCUT2D eigenvalue weighted by atomic mass is 9.77. The largest absolute Gasteiger partial charge is 0.478 e. The van der Waals surface area contributed by atoms with Gasteiger partial charge in [-0.15, -0.1) is 0 Å². The molecule has 8 nitrogen and oxygen atoms in total. The Kier molecular flexibility index (Phi) is 6.26. The zero-order chi connectivity index (χ0) is 23.9. The summed E-state index contributed by atoms with van der Waals surface area (Å²) in [5.41, 5.74) is 2.95. The molecule has 34 heavy (non-hydrogen) atoms. The molecule has 9 heteroatoms. The van der Waals surface area contributed by atoms with Crippen LogP contribution in [0.5, 0.6) is 11.5 Å².